The molecule has 0 unspecified atom stereocenters. The topological polar surface area (TPSA) is 72.7 Å². The number of carbonyl (C=O) groups is 1. The number of hydrogen-bond donors (Lipinski definition) is 1. The van der Waals surface area contributed by atoms with Gasteiger partial charge in [0.15, 0.2) is 0 Å². The Morgan fingerprint density at radius 2 is 1.85 bits per heavy atom. The van der Waals surface area contributed by atoms with Gasteiger partial charge in [-0.1, -0.05) is 18.2 Å². The first-order valence-corrected chi connectivity index (χ1v) is 8.04. The lowest BCUT2D eigenvalue weighted by atomic mass is 10.2. The molecule has 132 valence electrons. The van der Waals surface area contributed by atoms with Gasteiger partial charge >= 0.3 is 0 Å². The summed E-state index contributed by atoms with van der Waals surface area (Å²) in [5.74, 6) is -0.352. The van der Waals surface area contributed by atoms with Crippen LogP contribution in [0.1, 0.15) is 22.5 Å². The fraction of sp³-hybridized carbons (Fsp3) is 0.158. The minimum absolute atomic E-state index is 0.342. The Labute approximate surface area is 150 Å². The van der Waals surface area contributed by atoms with Gasteiger partial charge in [-0.3, -0.25) is 4.79 Å². The third-order valence-electron chi connectivity index (χ3n) is 4.07. The van der Waals surface area contributed by atoms with E-state index in [0.29, 0.717) is 17.2 Å². The van der Waals surface area contributed by atoms with E-state index in [4.69, 9.17) is 0 Å². The molecule has 1 amide bonds. The summed E-state index contributed by atoms with van der Waals surface area (Å²) in [6.07, 6.45) is 5.68. The van der Waals surface area contributed by atoms with Gasteiger partial charge in [-0.15, -0.1) is 0 Å². The number of nitrogens with one attached hydrogen (secondary N) is 1. The molecule has 2 aromatic heterocycles. The molecule has 7 heteroatoms. The van der Waals surface area contributed by atoms with Crippen LogP contribution in [-0.2, 0) is 4.79 Å². The molecule has 0 saturated heterocycles. The largest absolute Gasteiger partial charge is 0.320 e. The molecule has 0 atom stereocenters. The number of anilines is 1. The number of benzene rings is 1. The predicted molar refractivity (Wildman–Crippen MR) is 97.4 cm³/mol. The number of halogens is 1. The predicted octanol–water partition coefficient (Wildman–Crippen LogP) is 3.38. The summed E-state index contributed by atoms with van der Waals surface area (Å²) in [6.45, 7) is 5.86. The number of aromatic nitrogens is 4. The van der Waals surface area contributed by atoms with Gasteiger partial charge < -0.3 is 5.32 Å². The highest BCUT2D eigenvalue weighted by molar-refractivity contribution is 6.01. The van der Waals surface area contributed by atoms with Crippen LogP contribution in [0.15, 0.2) is 42.7 Å². The first-order chi connectivity index (χ1) is 12.5. The van der Waals surface area contributed by atoms with Crippen molar-refractivity contribution in [3.05, 3.63) is 71.1 Å². The van der Waals surface area contributed by atoms with Crippen molar-refractivity contribution in [3.8, 4) is 5.95 Å². The first kappa shape index (κ1) is 17.5. The van der Waals surface area contributed by atoms with Crippen molar-refractivity contribution in [2.45, 2.75) is 20.8 Å². The molecule has 1 aromatic carbocycles. The minimum Gasteiger partial charge on any atom is -0.320 e. The standard InChI is InChI=1S/C19H18FN5O/c1-12-13(2)24-25(14(12)3)19-21-10-16(11-22-19)23-18(26)9-8-15-6-4-5-7-17(15)20/h4-11H,1-3H3,(H,23,26)/b9-8+. The number of nitrogens with zero attached hydrogens (tertiary/aromatic N) is 4. The molecule has 0 saturated carbocycles. The molecule has 1 N–H and O–H groups in total. The van der Waals surface area contributed by atoms with Crippen molar-refractivity contribution < 1.29 is 9.18 Å². The molecule has 0 radical (unpaired) electrons. The highest BCUT2D eigenvalue weighted by Gasteiger charge is 2.11. The van der Waals surface area contributed by atoms with Crippen LogP contribution in [0.4, 0.5) is 10.1 Å². The van der Waals surface area contributed by atoms with Crippen molar-refractivity contribution in [1.29, 1.82) is 0 Å². The van der Waals surface area contributed by atoms with Gasteiger partial charge in [0.05, 0.1) is 23.8 Å². The fourth-order valence-corrected chi connectivity index (χ4v) is 2.37. The molecule has 26 heavy (non-hydrogen) atoms. The quantitative estimate of drug-likeness (QED) is 0.732. The summed E-state index contributed by atoms with van der Waals surface area (Å²) in [5.41, 5.74) is 3.75. The molecule has 6 nitrogen and oxygen atoms in total. The Kier molecular flexibility index (Phi) is 4.88. The normalized spacial score (nSPS) is 11.1. The maximum absolute atomic E-state index is 13.5. The second-order valence-corrected chi connectivity index (χ2v) is 5.82. The molecule has 0 fully saturated rings. The van der Waals surface area contributed by atoms with Gasteiger partial charge in [-0.2, -0.15) is 5.10 Å². The number of hydrogen-bond acceptors (Lipinski definition) is 4. The zero-order chi connectivity index (χ0) is 18.7. The average Bonchev–Trinajstić information content (AvgIpc) is 2.89. The molecule has 3 rings (SSSR count). The highest BCUT2D eigenvalue weighted by Crippen LogP contribution is 2.15. The lowest BCUT2D eigenvalue weighted by Gasteiger charge is -2.05. The van der Waals surface area contributed by atoms with Crippen LogP contribution in [0.25, 0.3) is 12.0 Å². The molecular formula is C19H18FN5O. The third kappa shape index (κ3) is 3.66. The number of amides is 1. The Morgan fingerprint density at radius 3 is 2.46 bits per heavy atom. The smallest absolute Gasteiger partial charge is 0.250 e. The van der Waals surface area contributed by atoms with E-state index in [1.807, 2.05) is 20.8 Å². The average molecular weight is 351 g/mol. The summed E-state index contributed by atoms with van der Waals surface area (Å²) in [6, 6.07) is 6.22. The van der Waals surface area contributed by atoms with E-state index in [2.05, 4.69) is 20.4 Å². The van der Waals surface area contributed by atoms with Crippen LogP contribution in [0.5, 0.6) is 0 Å². The molecule has 3 aromatic rings. The maximum Gasteiger partial charge on any atom is 0.250 e. The van der Waals surface area contributed by atoms with Crippen LogP contribution in [0, 0.1) is 26.6 Å². The van der Waals surface area contributed by atoms with Gasteiger partial charge in [0.2, 0.25) is 5.91 Å². The van der Waals surface area contributed by atoms with E-state index < -0.39 is 5.91 Å². The Morgan fingerprint density at radius 1 is 1.15 bits per heavy atom. The first-order valence-electron chi connectivity index (χ1n) is 8.04. The van der Waals surface area contributed by atoms with Crippen molar-refractivity contribution in [1.82, 2.24) is 19.7 Å². The Hall–Kier alpha value is -3.35. The zero-order valence-electron chi connectivity index (χ0n) is 14.7. The highest BCUT2D eigenvalue weighted by atomic mass is 19.1. The lowest BCUT2D eigenvalue weighted by Crippen LogP contribution is -2.10. The van der Waals surface area contributed by atoms with Gasteiger partial charge in [0.1, 0.15) is 5.82 Å². The van der Waals surface area contributed by atoms with Gasteiger partial charge in [-0.05, 0) is 38.5 Å². The van der Waals surface area contributed by atoms with Gasteiger partial charge in [0, 0.05) is 17.3 Å². The molecule has 0 aliphatic heterocycles. The maximum atomic E-state index is 13.5. The van der Waals surface area contributed by atoms with E-state index >= 15 is 0 Å². The van der Waals surface area contributed by atoms with Crippen LogP contribution in [0.3, 0.4) is 0 Å². The van der Waals surface area contributed by atoms with Crippen molar-refractivity contribution in [3.63, 3.8) is 0 Å². The SMILES string of the molecule is Cc1nn(-c2ncc(NC(=O)/C=C/c3ccccc3F)cn2)c(C)c1C. The van der Waals surface area contributed by atoms with E-state index in [-0.39, 0.29) is 5.82 Å². The van der Waals surface area contributed by atoms with E-state index in [1.165, 1.54) is 30.6 Å². The fourth-order valence-electron chi connectivity index (χ4n) is 2.37. The minimum atomic E-state index is -0.397. The zero-order valence-corrected chi connectivity index (χ0v) is 14.7. The van der Waals surface area contributed by atoms with Crippen molar-refractivity contribution in [2.75, 3.05) is 5.32 Å². The Balaban J connectivity index is 1.70. The van der Waals surface area contributed by atoms with Crippen molar-refractivity contribution >= 4 is 17.7 Å². The summed E-state index contributed by atoms with van der Waals surface area (Å²) in [5, 5.41) is 7.04. The lowest BCUT2D eigenvalue weighted by molar-refractivity contribution is -0.111. The number of aryl methyl sites for hydroxylation is 1. The Bertz CT molecular complexity index is 976. The van der Waals surface area contributed by atoms with Crippen molar-refractivity contribution in [2.24, 2.45) is 0 Å². The molecule has 0 aliphatic rings. The number of rotatable bonds is 4. The molecule has 0 aliphatic carbocycles. The molecule has 0 spiro atoms. The van der Waals surface area contributed by atoms with Crippen LogP contribution in [0.2, 0.25) is 0 Å². The third-order valence-corrected chi connectivity index (χ3v) is 4.07. The molecule has 2 heterocycles. The van der Waals surface area contributed by atoms with E-state index in [9.17, 15) is 9.18 Å². The van der Waals surface area contributed by atoms with Crippen LogP contribution in [-0.4, -0.2) is 25.7 Å². The van der Waals surface area contributed by atoms with Gasteiger partial charge in [0.25, 0.3) is 5.95 Å². The van der Waals surface area contributed by atoms with Gasteiger partial charge in [-0.25, -0.2) is 19.0 Å². The number of carbonyl (C=O) groups excluding carboxylic acids is 1. The van der Waals surface area contributed by atoms with Crippen LogP contribution >= 0.6 is 0 Å². The summed E-state index contributed by atoms with van der Waals surface area (Å²) in [7, 11) is 0. The van der Waals surface area contributed by atoms with Crippen LogP contribution < -0.4 is 5.32 Å². The summed E-state index contributed by atoms with van der Waals surface area (Å²) in [4.78, 5) is 20.4. The van der Waals surface area contributed by atoms with E-state index in [1.54, 1.807) is 22.9 Å². The second-order valence-electron chi connectivity index (χ2n) is 5.82. The van der Waals surface area contributed by atoms with E-state index in [0.717, 1.165) is 17.0 Å². The second kappa shape index (κ2) is 7.26. The monoisotopic (exact) mass is 351 g/mol. The summed E-state index contributed by atoms with van der Waals surface area (Å²) >= 11 is 0. The molecule has 0 bridgehead atoms. The summed E-state index contributed by atoms with van der Waals surface area (Å²) < 4.78 is 15.2. The molecular weight excluding hydrogens is 333 g/mol.